The highest BCUT2D eigenvalue weighted by atomic mass is 16.1. The SMILES string of the molecule is CCCNCC(C)Cn1c(C)cccc1=O. The first kappa shape index (κ1) is 13.0. The van der Waals surface area contributed by atoms with Gasteiger partial charge < -0.3 is 9.88 Å². The fraction of sp³-hybridized carbons (Fsp3) is 0.615. The van der Waals surface area contributed by atoms with Gasteiger partial charge in [-0.1, -0.05) is 19.9 Å². The van der Waals surface area contributed by atoms with Crippen LogP contribution < -0.4 is 10.9 Å². The van der Waals surface area contributed by atoms with Crippen molar-refractivity contribution in [1.82, 2.24) is 9.88 Å². The Morgan fingerprint density at radius 3 is 2.81 bits per heavy atom. The lowest BCUT2D eigenvalue weighted by molar-refractivity contribution is 0.434. The van der Waals surface area contributed by atoms with Gasteiger partial charge in [0.1, 0.15) is 0 Å². The second-order valence-electron chi connectivity index (χ2n) is 4.43. The summed E-state index contributed by atoms with van der Waals surface area (Å²) in [5, 5.41) is 3.38. The molecule has 0 bridgehead atoms. The average Bonchev–Trinajstić information content (AvgIpc) is 2.24. The maximum absolute atomic E-state index is 11.6. The second kappa shape index (κ2) is 6.48. The van der Waals surface area contributed by atoms with Gasteiger partial charge in [-0.05, 0) is 38.4 Å². The Kier molecular flexibility index (Phi) is 5.26. The quantitative estimate of drug-likeness (QED) is 0.745. The molecule has 0 fully saturated rings. The zero-order valence-electron chi connectivity index (χ0n) is 10.5. The van der Waals surface area contributed by atoms with E-state index < -0.39 is 0 Å². The first-order chi connectivity index (χ1) is 7.65. The molecule has 90 valence electrons. The standard InChI is InChI=1S/C13H22N2O/c1-4-8-14-9-11(2)10-15-12(3)6-5-7-13(15)16/h5-7,11,14H,4,8-10H2,1-3H3. The van der Waals surface area contributed by atoms with E-state index >= 15 is 0 Å². The molecule has 1 aromatic heterocycles. The van der Waals surface area contributed by atoms with Gasteiger partial charge in [0.15, 0.2) is 0 Å². The van der Waals surface area contributed by atoms with Crippen LogP contribution in [0.5, 0.6) is 0 Å². The smallest absolute Gasteiger partial charge is 0.250 e. The van der Waals surface area contributed by atoms with Gasteiger partial charge in [0.05, 0.1) is 0 Å². The Hall–Kier alpha value is -1.09. The molecule has 3 heteroatoms. The summed E-state index contributed by atoms with van der Waals surface area (Å²) >= 11 is 0. The molecule has 0 amide bonds. The van der Waals surface area contributed by atoms with Crippen LogP contribution in [0.15, 0.2) is 23.0 Å². The van der Waals surface area contributed by atoms with E-state index in [1.165, 1.54) is 0 Å². The number of rotatable bonds is 6. The Morgan fingerprint density at radius 1 is 1.44 bits per heavy atom. The van der Waals surface area contributed by atoms with E-state index in [4.69, 9.17) is 0 Å². The summed E-state index contributed by atoms with van der Waals surface area (Å²) in [6.07, 6.45) is 1.15. The predicted octanol–water partition coefficient (Wildman–Crippen LogP) is 1.79. The van der Waals surface area contributed by atoms with Crippen LogP contribution in [0.2, 0.25) is 0 Å². The summed E-state index contributed by atoms with van der Waals surface area (Å²) in [5.41, 5.74) is 1.14. The van der Waals surface area contributed by atoms with Gasteiger partial charge in [-0.2, -0.15) is 0 Å². The van der Waals surface area contributed by atoms with Crippen molar-refractivity contribution < 1.29 is 0 Å². The molecule has 1 aromatic rings. The minimum absolute atomic E-state index is 0.0994. The molecular weight excluding hydrogens is 200 g/mol. The summed E-state index contributed by atoms with van der Waals surface area (Å²) in [4.78, 5) is 11.6. The Bertz CT molecular complexity index is 370. The lowest BCUT2D eigenvalue weighted by Gasteiger charge is -2.16. The van der Waals surface area contributed by atoms with E-state index in [2.05, 4.69) is 19.2 Å². The molecule has 3 nitrogen and oxygen atoms in total. The third-order valence-electron chi connectivity index (χ3n) is 2.68. The lowest BCUT2D eigenvalue weighted by Crippen LogP contribution is -2.29. The Labute approximate surface area is 97.5 Å². The van der Waals surface area contributed by atoms with Crippen molar-refractivity contribution in [2.75, 3.05) is 13.1 Å². The third-order valence-corrected chi connectivity index (χ3v) is 2.68. The van der Waals surface area contributed by atoms with Crippen molar-refractivity contribution in [3.63, 3.8) is 0 Å². The van der Waals surface area contributed by atoms with Crippen LogP contribution in [-0.4, -0.2) is 17.7 Å². The van der Waals surface area contributed by atoms with E-state index in [9.17, 15) is 4.79 Å². The second-order valence-corrected chi connectivity index (χ2v) is 4.43. The summed E-state index contributed by atoms with van der Waals surface area (Å²) in [7, 11) is 0. The highest BCUT2D eigenvalue weighted by molar-refractivity contribution is 5.04. The molecule has 16 heavy (non-hydrogen) atoms. The van der Waals surface area contributed by atoms with Gasteiger partial charge in [-0.25, -0.2) is 0 Å². The largest absolute Gasteiger partial charge is 0.316 e. The van der Waals surface area contributed by atoms with E-state index in [0.717, 1.165) is 31.7 Å². The number of hydrogen-bond acceptors (Lipinski definition) is 2. The van der Waals surface area contributed by atoms with Crippen LogP contribution >= 0.6 is 0 Å². The number of nitrogens with one attached hydrogen (secondary N) is 1. The molecule has 0 spiro atoms. The maximum atomic E-state index is 11.6. The molecule has 1 atom stereocenters. The van der Waals surface area contributed by atoms with Crippen LogP contribution in [0, 0.1) is 12.8 Å². The summed E-state index contributed by atoms with van der Waals surface area (Å²) in [6, 6.07) is 5.42. The van der Waals surface area contributed by atoms with Crippen molar-refractivity contribution >= 4 is 0 Å². The van der Waals surface area contributed by atoms with Crippen LogP contribution in [0.3, 0.4) is 0 Å². The third kappa shape index (κ3) is 3.81. The highest BCUT2D eigenvalue weighted by Crippen LogP contribution is 2.00. The zero-order chi connectivity index (χ0) is 12.0. The van der Waals surface area contributed by atoms with E-state index in [1.54, 1.807) is 6.07 Å². The number of pyridine rings is 1. The van der Waals surface area contributed by atoms with Crippen molar-refractivity contribution in [2.24, 2.45) is 5.92 Å². The van der Waals surface area contributed by atoms with E-state index in [0.29, 0.717) is 5.92 Å². The molecule has 0 aromatic carbocycles. The molecule has 0 saturated heterocycles. The van der Waals surface area contributed by atoms with Gasteiger partial charge in [0.25, 0.3) is 5.56 Å². The summed E-state index contributed by atoms with van der Waals surface area (Å²) < 4.78 is 1.85. The fourth-order valence-electron chi connectivity index (χ4n) is 1.76. The van der Waals surface area contributed by atoms with E-state index in [1.807, 2.05) is 23.6 Å². The molecule has 0 aliphatic heterocycles. The molecular formula is C13H22N2O. The number of hydrogen-bond donors (Lipinski definition) is 1. The lowest BCUT2D eigenvalue weighted by atomic mass is 10.1. The summed E-state index contributed by atoms with van der Waals surface area (Å²) in [5.74, 6) is 0.477. The minimum atomic E-state index is 0.0994. The van der Waals surface area contributed by atoms with Crippen LogP contribution in [0.4, 0.5) is 0 Å². The molecule has 0 saturated carbocycles. The molecule has 0 radical (unpaired) electrons. The van der Waals surface area contributed by atoms with Crippen LogP contribution in [0.1, 0.15) is 26.0 Å². The topological polar surface area (TPSA) is 34.0 Å². The number of aryl methyl sites for hydroxylation is 1. The first-order valence-corrected chi connectivity index (χ1v) is 6.02. The van der Waals surface area contributed by atoms with Crippen LogP contribution in [0.25, 0.3) is 0 Å². The fourth-order valence-corrected chi connectivity index (χ4v) is 1.76. The van der Waals surface area contributed by atoms with Crippen molar-refractivity contribution in [2.45, 2.75) is 33.7 Å². The number of nitrogens with zero attached hydrogens (tertiary/aromatic N) is 1. The number of aromatic nitrogens is 1. The maximum Gasteiger partial charge on any atom is 0.250 e. The Balaban J connectivity index is 2.56. The minimum Gasteiger partial charge on any atom is -0.316 e. The highest BCUT2D eigenvalue weighted by Gasteiger charge is 2.05. The zero-order valence-corrected chi connectivity index (χ0v) is 10.5. The first-order valence-electron chi connectivity index (χ1n) is 6.02. The Morgan fingerprint density at radius 2 is 2.19 bits per heavy atom. The van der Waals surface area contributed by atoms with Crippen LogP contribution in [-0.2, 0) is 6.54 Å². The molecule has 0 aliphatic carbocycles. The molecule has 1 unspecified atom stereocenters. The molecule has 0 aliphatic rings. The van der Waals surface area contributed by atoms with Crippen molar-refractivity contribution in [3.8, 4) is 0 Å². The summed E-state index contributed by atoms with van der Waals surface area (Å²) in [6.45, 7) is 9.11. The van der Waals surface area contributed by atoms with Crippen molar-refractivity contribution in [1.29, 1.82) is 0 Å². The van der Waals surface area contributed by atoms with Gasteiger partial charge in [0.2, 0.25) is 0 Å². The van der Waals surface area contributed by atoms with Gasteiger partial charge in [-0.15, -0.1) is 0 Å². The normalized spacial score (nSPS) is 12.7. The molecule has 1 heterocycles. The molecule has 1 rings (SSSR count). The average molecular weight is 222 g/mol. The van der Waals surface area contributed by atoms with E-state index in [-0.39, 0.29) is 5.56 Å². The van der Waals surface area contributed by atoms with Gasteiger partial charge in [-0.3, -0.25) is 4.79 Å². The van der Waals surface area contributed by atoms with Crippen molar-refractivity contribution in [3.05, 3.63) is 34.2 Å². The predicted molar refractivity (Wildman–Crippen MR) is 67.8 cm³/mol. The van der Waals surface area contributed by atoms with Gasteiger partial charge >= 0.3 is 0 Å². The monoisotopic (exact) mass is 222 g/mol. The molecule has 1 N–H and O–H groups in total. The van der Waals surface area contributed by atoms with Gasteiger partial charge in [0, 0.05) is 18.3 Å².